The van der Waals surface area contributed by atoms with Crippen LogP contribution >= 0.6 is 0 Å². The number of nitriles is 1. The van der Waals surface area contributed by atoms with E-state index < -0.39 is 23.9 Å². The highest BCUT2D eigenvalue weighted by Crippen LogP contribution is 2.12. The van der Waals surface area contributed by atoms with Gasteiger partial charge in [-0.2, -0.15) is 5.26 Å². The summed E-state index contributed by atoms with van der Waals surface area (Å²) in [5.41, 5.74) is 1.27. The average Bonchev–Trinajstić information content (AvgIpc) is 2.72. The number of nitrogens with zero attached hydrogens (tertiary/aromatic N) is 1. The smallest absolute Gasteiger partial charge is 0.326 e. The van der Waals surface area contributed by atoms with Crippen molar-refractivity contribution in [3.05, 3.63) is 59.7 Å². The Morgan fingerprint density at radius 1 is 1.14 bits per heavy atom. The Morgan fingerprint density at radius 3 is 2.50 bits per heavy atom. The highest BCUT2D eigenvalue weighted by atomic mass is 16.5. The fourth-order valence-electron chi connectivity index (χ4n) is 2.18. The molecule has 8 heteroatoms. The molecule has 0 bridgehead atoms. The van der Waals surface area contributed by atoms with Crippen LogP contribution in [0.5, 0.6) is 5.75 Å². The second-order valence-corrected chi connectivity index (χ2v) is 5.73. The van der Waals surface area contributed by atoms with Crippen molar-refractivity contribution < 1.29 is 23.9 Å². The predicted octanol–water partition coefficient (Wildman–Crippen LogP) is 1.87. The van der Waals surface area contributed by atoms with Crippen LogP contribution in [0.2, 0.25) is 0 Å². The standard InChI is InChI=1S/C20H19N3O5/c1-13(19(25)23-16-8-6-14(11-21)7-9-16)28-18(24)12-22-20(26)15-4-3-5-17(10-15)27-2/h3-10,13H,12H2,1-2H3,(H,22,26)(H,23,25)/t13-/m1/s1. The zero-order chi connectivity index (χ0) is 20.5. The van der Waals surface area contributed by atoms with Gasteiger partial charge in [0.1, 0.15) is 12.3 Å². The number of carbonyl (C=O) groups excluding carboxylic acids is 3. The van der Waals surface area contributed by atoms with Gasteiger partial charge in [-0.05, 0) is 49.4 Å². The molecular formula is C20H19N3O5. The Labute approximate surface area is 162 Å². The van der Waals surface area contributed by atoms with Crippen molar-refractivity contribution in [2.24, 2.45) is 0 Å². The van der Waals surface area contributed by atoms with E-state index in [4.69, 9.17) is 14.7 Å². The Morgan fingerprint density at radius 2 is 1.86 bits per heavy atom. The average molecular weight is 381 g/mol. The van der Waals surface area contributed by atoms with Gasteiger partial charge in [-0.15, -0.1) is 0 Å². The minimum atomic E-state index is -1.06. The zero-order valence-electron chi connectivity index (χ0n) is 15.4. The van der Waals surface area contributed by atoms with Crippen molar-refractivity contribution in [1.29, 1.82) is 5.26 Å². The van der Waals surface area contributed by atoms with Gasteiger partial charge in [0.15, 0.2) is 6.10 Å². The van der Waals surface area contributed by atoms with Crippen molar-refractivity contribution in [2.45, 2.75) is 13.0 Å². The predicted molar refractivity (Wildman–Crippen MR) is 101 cm³/mol. The molecule has 0 heterocycles. The number of methoxy groups -OCH3 is 1. The van der Waals surface area contributed by atoms with Gasteiger partial charge in [0.2, 0.25) is 0 Å². The molecule has 0 aliphatic heterocycles. The maximum Gasteiger partial charge on any atom is 0.326 e. The van der Waals surface area contributed by atoms with Crippen LogP contribution in [-0.4, -0.2) is 37.5 Å². The second kappa shape index (κ2) is 9.73. The van der Waals surface area contributed by atoms with Crippen LogP contribution in [0, 0.1) is 11.3 Å². The molecular weight excluding hydrogens is 362 g/mol. The number of hydrogen-bond acceptors (Lipinski definition) is 6. The van der Waals surface area contributed by atoms with Crippen molar-refractivity contribution in [1.82, 2.24) is 5.32 Å². The number of carbonyl (C=O) groups is 3. The third-order valence-corrected chi connectivity index (χ3v) is 3.68. The Kier molecular flexibility index (Phi) is 7.11. The van der Waals surface area contributed by atoms with Crippen LogP contribution < -0.4 is 15.4 Å². The first-order valence-corrected chi connectivity index (χ1v) is 8.35. The maximum absolute atomic E-state index is 12.1. The third kappa shape index (κ3) is 5.85. The van der Waals surface area contributed by atoms with Crippen molar-refractivity contribution in [3.63, 3.8) is 0 Å². The molecule has 0 aliphatic rings. The maximum atomic E-state index is 12.1. The van der Waals surface area contributed by atoms with E-state index in [1.807, 2.05) is 6.07 Å². The van der Waals surface area contributed by atoms with E-state index in [1.54, 1.807) is 42.5 Å². The highest BCUT2D eigenvalue weighted by molar-refractivity contribution is 5.97. The number of amides is 2. The SMILES string of the molecule is COc1cccc(C(=O)NCC(=O)O[C@H](C)C(=O)Nc2ccc(C#N)cc2)c1. The zero-order valence-corrected chi connectivity index (χ0v) is 15.4. The van der Waals surface area contributed by atoms with E-state index >= 15 is 0 Å². The number of benzene rings is 2. The second-order valence-electron chi connectivity index (χ2n) is 5.73. The lowest BCUT2D eigenvalue weighted by molar-refractivity contribution is -0.152. The van der Waals surface area contributed by atoms with Crippen LogP contribution in [0.4, 0.5) is 5.69 Å². The molecule has 2 aromatic carbocycles. The molecule has 144 valence electrons. The Bertz CT molecular complexity index is 903. The summed E-state index contributed by atoms with van der Waals surface area (Å²) in [6.07, 6.45) is -1.06. The Hall–Kier alpha value is -3.86. The number of nitrogens with one attached hydrogen (secondary N) is 2. The summed E-state index contributed by atoms with van der Waals surface area (Å²) in [6, 6.07) is 14.7. The van der Waals surface area contributed by atoms with Crippen molar-refractivity contribution >= 4 is 23.5 Å². The van der Waals surface area contributed by atoms with Gasteiger partial charge in [-0.1, -0.05) is 6.07 Å². The third-order valence-electron chi connectivity index (χ3n) is 3.68. The fraction of sp³-hybridized carbons (Fsp3) is 0.200. The summed E-state index contributed by atoms with van der Waals surface area (Å²) in [4.78, 5) is 36.0. The van der Waals surface area contributed by atoms with E-state index in [2.05, 4.69) is 10.6 Å². The van der Waals surface area contributed by atoms with E-state index in [0.29, 0.717) is 22.6 Å². The van der Waals surface area contributed by atoms with Gasteiger partial charge in [0.25, 0.3) is 11.8 Å². The minimum absolute atomic E-state index is 0.332. The highest BCUT2D eigenvalue weighted by Gasteiger charge is 2.18. The lowest BCUT2D eigenvalue weighted by atomic mass is 10.2. The first kappa shape index (κ1) is 20.5. The topological polar surface area (TPSA) is 118 Å². The molecule has 8 nitrogen and oxygen atoms in total. The van der Waals surface area contributed by atoms with E-state index in [0.717, 1.165) is 0 Å². The molecule has 0 spiro atoms. The fourth-order valence-corrected chi connectivity index (χ4v) is 2.18. The van der Waals surface area contributed by atoms with Gasteiger partial charge in [-0.3, -0.25) is 14.4 Å². The van der Waals surface area contributed by atoms with Gasteiger partial charge in [-0.25, -0.2) is 0 Å². The molecule has 2 amide bonds. The van der Waals surface area contributed by atoms with Gasteiger partial charge < -0.3 is 20.1 Å². The van der Waals surface area contributed by atoms with Crippen LogP contribution in [-0.2, 0) is 14.3 Å². The minimum Gasteiger partial charge on any atom is -0.497 e. The van der Waals surface area contributed by atoms with Crippen LogP contribution in [0.15, 0.2) is 48.5 Å². The van der Waals surface area contributed by atoms with Gasteiger partial charge in [0.05, 0.1) is 18.7 Å². The summed E-state index contributed by atoms with van der Waals surface area (Å²) in [5.74, 6) is -1.23. The molecule has 1 atom stereocenters. The summed E-state index contributed by atoms with van der Waals surface area (Å²) < 4.78 is 10.1. The molecule has 0 unspecified atom stereocenters. The molecule has 2 rings (SSSR count). The van der Waals surface area contributed by atoms with E-state index in [1.165, 1.54) is 20.1 Å². The molecule has 0 saturated heterocycles. The first-order valence-electron chi connectivity index (χ1n) is 8.35. The monoisotopic (exact) mass is 381 g/mol. The quantitative estimate of drug-likeness (QED) is 0.707. The molecule has 0 radical (unpaired) electrons. The number of hydrogen-bond donors (Lipinski definition) is 2. The molecule has 0 fully saturated rings. The number of esters is 1. The lowest BCUT2D eigenvalue weighted by Crippen LogP contribution is -2.35. The molecule has 2 aromatic rings. The van der Waals surface area contributed by atoms with Crippen LogP contribution in [0.25, 0.3) is 0 Å². The van der Waals surface area contributed by atoms with E-state index in [-0.39, 0.29) is 6.54 Å². The van der Waals surface area contributed by atoms with Gasteiger partial charge in [0, 0.05) is 11.3 Å². The molecule has 0 aromatic heterocycles. The van der Waals surface area contributed by atoms with Gasteiger partial charge >= 0.3 is 5.97 Å². The van der Waals surface area contributed by atoms with Crippen molar-refractivity contribution in [3.8, 4) is 11.8 Å². The normalized spacial score (nSPS) is 10.9. The summed E-state index contributed by atoms with van der Waals surface area (Å²) in [7, 11) is 1.48. The summed E-state index contributed by atoms with van der Waals surface area (Å²) in [6.45, 7) is 1.03. The largest absolute Gasteiger partial charge is 0.497 e. The summed E-state index contributed by atoms with van der Waals surface area (Å²) in [5, 5.41) is 13.8. The molecule has 2 N–H and O–H groups in total. The first-order chi connectivity index (χ1) is 13.4. The Balaban J connectivity index is 1.81. The lowest BCUT2D eigenvalue weighted by Gasteiger charge is -2.14. The van der Waals surface area contributed by atoms with Crippen LogP contribution in [0.1, 0.15) is 22.8 Å². The molecule has 28 heavy (non-hydrogen) atoms. The number of anilines is 1. The molecule has 0 saturated carbocycles. The molecule has 0 aliphatic carbocycles. The number of rotatable bonds is 7. The van der Waals surface area contributed by atoms with Crippen LogP contribution in [0.3, 0.4) is 0 Å². The van der Waals surface area contributed by atoms with Crippen molar-refractivity contribution in [2.75, 3.05) is 19.0 Å². The number of ether oxygens (including phenoxy) is 2. The van der Waals surface area contributed by atoms with E-state index in [9.17, 15) is 14.4 Å². The summed E-state index contributed by atoms with van der Waals surface area (Å²) >= 11 is 0.